The van der Waals surface area contributed by atoms with E-state index < -0.39 is 11.7 Å². The topological polar surface area (TPSA) is 51.4 Å². The Morgan fingerprint density at radius 1 is 1.53 bits per heavy atom. The van der Waals surface area contributed by atoms with E-state index in [0.717, 1.165) is 6.07 Å². The Hall–Kier alpha value is -1.34. The van der Waals surface area contributed by atoms with Crippen LogP contribution in [0.4, 0.5) is 19.0 Å². The zero-order valence-electron chi connectivity index (χ0n) is 10.5. The molecule has 1 fully saturated rings. The number of rotatable bonds is 2. The Morgan fingerprint density at radius 2 is 2.26 bits per heavy atom. The number of ether oxygens (including phenoxy) is 1. The first kappa shape index (κ1) is 14.1. The van der Waals surface area contributed by atoms with Crippen molar-refractivity contribution in [2.75, 3.05) is 24.6 Å². The maximum Gasteiger partial charge on any atom is 0.419 e. The van der Waals surface area contributed by atoms with Crippen LogP contribution in [0.2, 0.25) is 0 Å². The van der Waals surface area contributed by atoms with Crippen LogP contribution in [0.1, 0.15) is 12.5 Å². The van der Waals surface area contributed by atoms with Crippen LogP contribution in [-0.4, -0.2) is 36.8 Å². The number of hydrogen-bond donors (Lipinski definition) is 1. The van der Waals surface area contributed by atoms with Crippen molar-refractivity contribution in [3.8, 4) is 0 Å². The van der Waals surface area contributed by atoms with E-state index in [1.807, 2.05) is 6.92 Å². The summed E-state index contributed by atoms with van der Waals surface area (Å²) in [6.45, 7) is 2.74. The van der Waals surface area contributed by atoms with Crippen LogP contribution in [-0.2, 0) is 10.9 Å². The molecule has 0 radical (unpaired) electrons. The molecular weight excluding hydrogens is 259 g/mol. The molecule has 2 N–H and O–H groups in total. The van der Waals surface area contributed by atoms with E-state index in [0.29, 0.717) is 13.2 Å². The molecule has 2 rings (SSSR count). The number of halogens is 3. The SMILES string of the molecule is CC1COC(CN)CN1c1ncccc1C(F)(F)F. The molecule has 1 saturated heterocycles. The van der Waals surface area contributed by atoms with Gasteiger partial charge < -0.3 is 15.4 Å². The van der Waals surface area contributed by atoms with Gasteiger partial charge in [0.05, 0.1) is 24.3 Å². The Labute approximate surface area is 109 Å². The van der Waals surface area contributed by atoms with Crippen molar-refractivity contribution in [1.29, 1.82) is 0 Å². The molecule has 19 heavy (non-hydrogen) atoms. The van der Waals surface area contributed by atoms with Crippen LogP contribution < -0.4 is 10.6 Å². The fourth-order valence-electron chi connectivity index (χ4n) is 2.10. The first-order valence-corrected chi connectivity index (χ1v) is 6.04. The molecule has 2 heterocycles. The van der Waals surface area contributed by atoms with E-state index in [9.17, 15) is 13.2 Å². The first-order chi connectivity index (χ1) is 8.93. The van der Waals surface area contributed by atoms with Crippen molar-refractivity contribution in [2.45, 2.75) is 25.2 Å². The summed E-state index contributed by atoms with van der Waals surface area (Å²) in [5, 5.41) is 0. The number of nitrogens with zero attached hydrogens (tertiary/aromatic N) is 2. The molecule has 106 valence electrons. The van der Waals surface area contributed by atoms with E-state index >= 15 is 0 Å². The minimum absolute atomic E-state index is 0.0516. The third kappa shape index (κ3) is 2.98. The summed E-state index contributed by atoms with van der Waals surface area (Å²) in [5.41, 5.74) is 4.80. The summed E-state index contributed by atoms with van der Waals surface area (Å²) >= 11 is 0. The van der Waals surface area contributed by atoms with Crippen LogP contribution in [0.5, 0.6) is 0 Å². The molecule has 7 heteroatoms. The van der Waals surface area contributed by atoms with Gasteiger partial charge in [0.25, 0.3) is 0 Å². The number of hydrogen-bond acceptors (Lipinski definition) is 4. The smallest absolute Gasteiger partial charge is 0.373 e. The molecule has 0 saturated carbocycles. The predicted octanol–water partition coefficient (Wildman–Crippen LogP) is 1.65. The molecule has 0 aliphatic carbocycles. The van der Waals surface area contributed by atoms with E-state index in [2.05, 4.69) is 4.98 Å². The van der Waals surface area contributed by atoms with Crippen molar-refractivity contribution < 1.29 is 17.9 Å². The minimum atomic E-state index is -4.42. The lowest BCUT2D eigenvalue weighted by Gasteiger charge is -2.39. The molecule has 0 amide bonds. The average molecular weight is 275 g/mol. The minimum Gasteiger partial charge on any atom is -0.373 e. The molecule has 1 aliphatic heterocycles. The van der Waals surface area contributed by atoms with Gasteiger partial charge in [0, 0.05) is 19.3 Å². The van der Waals surface area contributed by atoms with Gasteiger partial charge in [-0.05, 0) is 19.1 Å². The molecule has 2 unspecified atom stereocenters. The van der Waals surface area contributed by atoms with Gasteiger partial charge in [0.15, 0.2) is 0 Å². The second-order valence-electron chi connectivity index (χ2n) is 4.56. The first-order valence-electron chi connectivity index (χ1n) is 6.04. The standard InChI is InChI=1S/C12H16F3N3O/c1-8-7-19-9(5-16)6-18(8)11-10(12(13,14)15)3-2-4-17-11/h2-4,8-9H,5-7,16H2,1H3. The lowest BCUT2D eigenvalue weighted by molar-refractivity contribution is -0.137. The van der Waals surface area contributed by atoms with Gasteiger partial charge in [-0.1, -0.05) is 0 Å². The molecule has 1 aliphatic rings. The molecule has 1 aromatic heterocycles. The number of alkyl halides is 3. The second kappa shape index (κ2) is 5.34. The Bertz CT molecular complexity index is 438. The van der Waals surface area contributed by atoms with E-state index in [1.54, 1.807) is 4.90 Å². The van der Waals surface area contributed by atoms with Crippen LogP contribution in [0.3, 0.4) is 0 Å². The van der Waals surface area contributed by atoms with Crippen molar-refractivity contribution in [2.24, 2.45) is 5.73 Å². The molecule has 0 spiro atoms. The zero-order chi connectivity index (χ0) is 14.0. The predicted molar refractivity (Wildman–Crippen MR) is 64.8 cm³/mol. The van der Waals surface area contributed by atoms with Gasteiger partial charge in [-0.2, -0.15) is 13.2 Å². The van der Waals surface area contributed by atoms with Gasteiger partial charge in [-0.3, -0.25) is 0 Å². The quantitative estimate of drug-likeness (QED) is 0.891. The summed E-state index contributed by atoms with van der Waals surface area (Å²) in [6.07, 6.45) is -3.32. The molecule has 1 aromatic rings. The Morgan fingerprint density at radius 3 is 2.89 bits per heavy atom. The number of anilines is 1. The highest BCUT2D eigenvalue weighted by atomic mass is 19.4. The van der Waals surface area contributed by atoms with Crippen LogP contribution >= 0.6 is 0 Å². The van der Waals surface area contributed by atoms with Crippen LogP contribution in [0.15, 0.2) is 18.3 Å². The van der Waals surface area contributed by atoms with Crippen molar-refractivity contribution in [3.63, 3.8) is 0 Å². The van der Waals surface area contributed by atoms with Crippen molar-refractivity contribution in [3.05, 3.63) is 23.9 Å². The molecule has 4 nitrogen and oxygen atoms in total. The number of pyridine rings is 1. The maximum atomic E-state index is 13.0. The lowest BCUT2D eigenvalue weighted by Crippen LogP contribution is -2.51. The fourth-order valence-corrected chi connectivity index (χ4v) is 2.10. The highest BCUT2D eigenvalue weighted by molar-refractivity contribution is 5.49. The van der Waals surface area contributed by atoms with E-state index in [4.69, 9.17) is 10.5 Å². The van der Waals surface area contributed by atoms with Gasteiger partial charge in [-0.15, -0.1) is 0 Å². The summed E-state index contributed by atoms with van der Waals surface area (Å²) in [4.78, 5) is 5.51. The summed E-state index contributed by atoms with van der Waals surface area (Å²) in [5.74, 6) is -0.0516. The van der Waals surface area contributed by atoms with Crippen molar-refractivity contribution >= 4 is 5.82 Å². The third-order valence-electron chi connectivity index (χ3n) is 3.13. The Kier molecular flexibility index (Phi) is 3.96. The lowest BCUT2D eigenvalue weighted by atomic mass is 10.1. The fraction of sp³-hybridized carbons (Fsp3) is 0.583. The monoisotopic (exact) mass is 275 g/mol. The number of aromatic nitrogens is 1. The highest BCUT2D eigenvalue weighted by Gasteiger charge is 2.38. The van der Waals surface area contributed by atoms with Crippen molar-refractivity contribution in [1.82, 2.24) is 4.98 Å². The summed E-state index contributed by atoms with van der Waals surface area (Å²) in [6, 6.07) is 2.17. The molecule has 0 aromatic carbocycles. The maximum absolute atomic E-state index is 13.0. The number of nitrogens with two attached hydrogens (primary N) is 1. The summed E-state index contributed by atoms with van der Waals surface area (Å²) in [7, 11) is 0. The zero-order valence-corrected chi connectivity index (χ0v) is 10.5. The highest BCUT2D eigenvalue weighted by Crippen LogP contribution is 2.36. The van der Waals surface area contributed by atoms with Crippen LogP contribution in [0.25, 0.3) is 0 Å². The van der Waals surface area contributed by atoms with Gasteiger partial charge in [0.1, 0.15) is 5.82 Å². The Balaban J connectivity index is 2.35. The average Bonchev–Trinajstić information content (AvgIpc) is 2.38. The van der Waals surface area contributed by atoms with E-state index in [-0.39, 0.29) is 24.5 Å². The number of morpholine rings is 1. The molecule has 0 bridgehead atoms. The van der Waals surface area contributed by atoms with Gasteiger partial charge in [0.2, 0.25) is 0 Å². The second-order valence-corrected chi connectivity index (χ2v) is 4.56. The molecule has 2 atom stereocenters. The third-order valence-corrected chi connectivity index (χ3v) is 3.13. The van der Waals surface area contributed by atoms with Gasteiger partial charge >= 0.3 is 6.18 Å². The largest absolute Gasteiger partial charge is 0.419 e. The van der Waals surface area contributed by atoms with E-state index in [1.165, 1.54) is 12.3 Å². The summed E-state index contributed by atoms with van der Waals surface area (Å²) < 4.78 is 44.4. The normalized spacial score (nSPS) is 24.6. The molecular formula is C12H16F3N3O. The van der Waals surface area contributed by atoms with Gasteiger partial charge in [-0.25, -0.2) is 4.98 Å². The van der Waals surface area contributed by atoms with Crippen LogP contribution in [0, 0.1) is 0 Å².